The highest BCUT2D eigenvalue weighted by atomic mass is 32.2. The molecule has 3 aromatic rings. The second-order valence-corrected chi connectivity index (χ2v) is 7.31. The zero-order valence-electron chi connectivity index (χ0n) is 15.7. The molecule has 2 aromatic carbocycles. The zero-order valence-corrected chi connectivity index (χ0v) is 16.5. The van der Waals surface area contributed by atoms with Crippen LogP contribution < -0.4 is 10.1 Å². The van der Waals surface area contributed by atoms with Crippen molar-refractivity contribution in [2.45, 2.75) is 17.3 Å². The molecule has 0 spiro atoms. The first-order valence-electron chi connectivity index (χ1n) is 8.54. The van der Waals surface area contributed by atoms with Crippen molar-refractivity contribution in [3.63, 3.8) is 0 Å². The van der Waals surface area contributed by atoms with Crippen molar-refractivity contribution in [2.75, 3.05) is 12.4 Å². The van der Waals surface area contributed by atoms with Crippen LogP contribution in [0.1, 0.15) is 12.5 Å². The number of aromatic nitrogens is 3. The number of nitriles is 1. The van der Waals surface area contributed by atoms with E-state index in [0.717, 1.165) is 11.3 Å². The molecule has 1 aromatic heterocycles. The lowest BCUT2D eigenvalue weighted by Gasteiger charge is -2.12. The van der Waals surface area contributed by atoms with Gasteiger partial charge in [-0.15, -0.1) is 10.2 Å². The van der Waals surface area contributed by atoms with Crippen LogP contribution in [0.2, 0.25) is 0 Å². The lowest BCUT2D eigenvalue weighted by atomic mass is 10.2. The van der Waals surface area contributed by atoms with Gasteiger partial charge in [0.05, 0.1) is 23.6 Å². The largest absolute Gasteiger partial charge is 0.497 e. The topological polar surface area (TPSA) is 92.8 Å². The van der Waals surface area contributed by atoms with E-state index in [0.29, 0.717) is 22.2 Å². The van der Waals surface area contributed by atoms with Gasteiger partial charge in [-0.1, -0.05) is 23.9 Å². The zero-order chi connectivity index (χ0) is 20.1. The number of benzene rings is 2. The normalized spacial score (nSPS) is 11.5. The number of amides is 1. The van der Waals surface area contributed by atoms with E-state index in [2.05, 4.69) is 21.6 Å². The number of hydrogen-bond acceptors (Lipinski definition) is 6. The van der Waals surface area contributed by atoms with Gasteiger partial charge in [0.25, 0.3) is 0 Å². The third kappa shape index (κ3) is 4.15. The monoisotopic (exact) mass is 393 g/mol. The first-order chi connectivity index (χ1) is 13.5. The molecule has 142 valence electrons. The van der Waals surface area contributed by atoms with Gasteiger partial charge in [0, 0.05) is 12.6 Å². The van der Waals surface area contributed by atoms with E-state index in [1.165, 1.54) is 11.8 Å². The highest BCUT2D eigenvalue weighted by Gasteiger charge is 2.20. The smallest absolute Gasteiger partial charge is 0.237 e. The number of rotatable bonds is 6. The van der Waals surface area contributed by atoms with Gasteiger partial charge in [0.1, 0.15) is 11.8 Å². The molecular weight excluding hydrogens is 374 g/mol. The van der Waals surface area contributed by atoms with Crippen LogP contribution >= 0.6 is 11.8 Å². The fraction of sp³-hybridized carbons (Fsp3) is 0.200. The van der Waals surface area contributed by atoms with E-state index in [9.17, 15) is 4.79 Å². The molecule has 0 aliphatic rings. The van der Waals surface area contributed by atoms with E-state index in [4.69, 9.17) is 10.00 Å². The van der Waals surface area contributed by atoms with Crippen LogP contribution in [-0.4, -0.2) is 33.0 Å². The first kappa shape index (κ1) is 19.5. The first-order valence-corrected chi connectivity index (χ1v) is 9.42. The number of thioether (sulfide) groups is 1. The molecule has 8 heteroatoms. The van der Waals surface area contributed by atoms with E-state index >= 15 is 0 Å². The number of carbonyl (C=O) groups excluding carboxylic acids is 1. The summed E-state index contributed by atoms with van der Waals surface area (Å²) in [6.07, 6.45) is 0. The molecule has 1 atom stereocenters. The Labute approximate surface area is 167 Å². The Morgan fingerprint density at radius 3 is 2.61 bits per heavy atom. The Morgan fingerprint density at radius 2 is 1.93 bits per heavy atom. The summed E-state index contributed by atoms with van der Waals surface area (Å²) < 4.78 is 7.02. The van der Waals surface area contributed by atoms with Crippen molar-refractivity contribution in [1.82, 2.24) is 14.8 Å². The van der Waals surface area contributed by atoms with Gasteiger partial charge < -0.3 is 14.6 Å². The Morgan fingerprint density at radius 1 is 1.21 bits per heavy atom. The van der Waals surface area contributed by atoms with E-state index in [1.807, 2.05) is 35.9 Å². The minimum Gasteiger partial charge on any atom is -0.497 e. The molecule has 0 unspecified atom stereocenters. The van der Waals surface area contributed by atoms with Gasteiger partial charge in [-0.05, 0) is 43.3 Å². The Kier molecular flexibility index (Phi) is 5.96. The number of ether oxygens (including phenoxy) is 1. The molecule has 3 rings (SSSR count). The third-order valence-corrected chi connectivity index (χ3v) is 5.27. The predicted molar refractivity (Wildman–Crippen MR) is 108 cm³/mol. The number of hydrogen-bond donors (Lipinski definition) is 1. The maximum atomic E-state index is 12.5. The fourth-order valence-corrected chi connectivity index (χ4v) is 3.36. The Hall–Kier alpha value is -3.31. The molecule has 0 fully saturated rings. The maximum Gasteiger partial charge on any atom is 0.237 e. The van der Waals surface area contributed by atoms with Crippen molar-refractivity contribution in [1.29, 1.82) is 5.26 Å². The summed E-state index contributed by atoms with van der Waals surface area (Å²) in [7, 11) is 3.48. The van der Waals surface area contributed by atoms with Crippen molar-refractivity contribution in [2.24, 2.45) is 7.05 Å². The van der Waals surface area contributed by atoms with Gasteiger partial charge >= 0.3 is 0 Å². The van der Waals surface area contributed by atoms with Crippen LogP contribution in [0.5, 0.6) is 5.75 Å². The van der Waals surface area contributed by atoms with Crippen molar-refractivity contribution in [3.05, 3.63) is 54.1 Å². The lowest BCUT2D eigenvalue weighted by Crippen LogP contribution is -2.23. The van der Waals surface area contributed by atoms with Gasteiger partial charge in [-0.2, -0.15) is 5.26 Å². The number of methoxy groups -OCH3 is 1. The average Bonchev–Trinajstić information content (AvgIpc) is 3.08. The summed E-state index contributed by atoms with van der Waals surface area (Å²) in [6, 6.07) is 16.5. The quantitative estimate of drug-likeness (QED) is 0.645. The predicted octanol–water partition coefficient (Wildman–Crippen LogP) is 3.48. The van der Waals surface area contributed by atoms with Crippen LogP contribution in [0, 0.1) is 11.3 Å². The molecule has 0 radical (unpaired) electrons. The fourth-order valence-electron chi connectivity index (χ4n) is 2.54. The van der Waals surface area contributed by atoms with Gasteiger partial charge in [0.15, 0.2) is 11.0 Å². The highest BCUT2D eigenvalue weighted by Crippen LogP contribution is 2.27. The van der Waals surface area contributed by atoms with Crippen molar-refractivity contribution in [3.8, 4) is 23.2 Å². The molecule has 1 amide bonds. The molecule has 0 bridgehead atoms. The van der Waals surface area contributed by atoms with Crippen LogP contribution in [0.15, 0.2) is 53.7 Å². The molecular formula is C20H19N5O2S. The second kappa shape index (κ2) is 8.59. The summed E-state index contributed by atoms with van der Waals surface area (Å²) in [4.78, 5) is 12.5. The van der Waals surface area contributed by atoms with Crippen LogP contribution in [0.4, 0.5) is 5.69 Å². The molecule has 0 aliphatic carbocycles. The Balaban J connectivity index is 1.72. The minimum atomic E-state index is -0.418. The highest BCUT2D eigenvalue weighted by molar-refractivity contribution is 8.00. The number of nitrogens with one attached hydrogen (secondary N) is 1. The lowest BCUT2D eigenvalue weighted by molar-refractivity contribution is -0.115. The van der Waals surface area contributed by atoms with Gasteiger partial charge in [0.2, 0.25) is 5.91 Å². The number of para-hydroxylation sites is 1. The van der Waals surface area contributed by atoms with Gasteiger partial charge in [-0.25, -0.2) is 0 Å². The average molecular weight is 393 g/mol. The number of carbonyl (C=O) groups is 1. The van der Waals surface area contributed by atoms with Crippen LogP contribution in [-0.2, 0) is 11.8 Å². The van der Waals surface area contributed by atoms with Crippen LogP contribution in [0.3, 0.4) is 0 Å². The molecule has 0 saturated heterocycles. The minimum absolute atomic E-state index is 0.207. The van der Waals surface area contributed by atoms with E-state index in [-0.39, 0.29) is 5.91 Å². The molecule has 1 heterocycles. The third-order valence-electron chi connectivity index (χ3n) is 4.14. The number of anilines is 1. The summed E-state index contributed by atoms with van der Waals surface area (Å²) in [6.45, 7) is 1.79. The van der Waals surface area contributed by atoms with Gasteiger partial charge in [-0.3, -0.25) is 4.79 Å². The molecule has 1 N–H and O–H groups in total. The second-order valence-electron chi connectivity index (χ2n) is 6.00. The summed E-state index contributed by atoms with van der Waals surface area (Å²) >= 11 is 1.30. The van der Waals surface area contributed by atoms with E-state index in [1.54, 1.807) is 38.3 Å². The SMILES string of the molecule is COc1ccc(-c2nnc(S[C@@H](C)C(=O)Nc3ccccc3C#N)n2C)cc1. The molecule has 0 saturated carbocycles. The Bertz CT molecular complexity index is 1020. The van der Waals surface area contributed by atoms with Crippen LogP contribution in [0.25, 0.3) is 11.4 Å². The summed E-state index contributed by atoms with van der Waals surface area (Å²) in [5, 5.41) is 20.6. The standard InChI is InChI=1S/C20H19N5O2S/c1-13(19(26)22-17-7-5-4-6-15(17)12-21)28-20-24-23-18(25(20)2)14-8-10-16(27-3)11-9-14/h4-11,13H,1-3H3,(H,22,26)/t13-/m0/s1. The molecule has 28 heavy (non-hydrogen) atoms. The molecule has 7 nitrogen and oxygen atoms in total. The van der Waals surface area contributed by atoms with Crippen molar-refractivity contribution < 1.29 is 9.53 Å². The summed E-state index contributed by atoms with van der Waals surface area (Å²) in [5.41, 5.74) is 1.83. The maximum absolute atomic E-state index is 12.5. The van der Waals surface area contributed by atoms with E-state index < -0.39 is 5.25 Å². The number of nitrogens with zero attached hydrogens (tertiary/aromatic N) is 4. The molecule has 0 aliphatic heterocycles. The van der Waals surface area contributed by atoms with Crippen molar-refractivity contribution >= 4 is 23.4 Å². The summed E-state index contributed by atoms with van der Waals surface area (Å²) in [5.74, 6) is 1.26.